The van der Waals surface area contributed by atoms with Crippen LogP contribution < -0.4 is 4.74 Å². The highest BCUT2D eigenvalue weighted by atomic mass is 79.9. The number of likely N-dealkylation sites (tertiary alicyclic amines) is 1. The first-order valence-corrected chi connectivity index (χ1v) is 11.4. The topological polar surface area (TPSA) is 55.3 Å². The highest BCUT2D eigenvalue weighted by molar-refractivity contribution is 9.10. The van der Waals surface area contributed by atoms with Crippen LogP contribution in [0.5, 0.6) is 11.5 Å². The summed E-state index contributed by atoms with van der Waals surface area (Å²) in [5.41, 5.74) is 3.79. The van der Waals surface area contributed by atoms with E-state index in [1.54, 1.807) is 0 Å². The average Bonchev–Trinajstić information content (AvgIpc) is 3.07. The first-order valence-electron chi connectivity index (χ1n) is 10.6. The van der Waals surface area contributed by atoms with Gasteiger partial charge in [-0.1, -0.05) is 36.7 Å². The molecule has 4 rings (SSSR count). The van der Waals surface area contributed by atoms with E-state index in [1.807, 2.05) is 59.5 Å². The third-order valence-electron chi connectivity index (χ3n) is 5.45. The van der Waals surface area contributed by atoms with Crippen LogP contribution in [-0.4, -0.2) is 27.5 Å². The summed E-state index contributed by atoms with van der Waals surface area (Å²) in [5, 5.41) is 8.65. The third-order valence-corrected chi connectivity index (χ3v) is 5.94. The monoisotopic (exact) mass is 479 g/mol. The fourth-order valence-electron chi connectivity index (χ4n) is 3.72. The van der Waals surface area contributed by atoms with Gasteiger partial charge in [-0.25, -0.2) is 0 Å². The number of nitrogens with zero attached hydrogens (tertiary/aromatic N) is 3. The van der Waals surface area contributed by atoms with Crippen molar-refractivity contribution in [2.75, 3.05) is 6.54 Å². The van der Waals surface area contributed by atoms with E-state index in [4.69, 9.17) is 4.74 Å². The Morgan fingerprint density at radius 2 is 1.87 bits per heavy atom. The zero-order valence-electron chi connectivity index (χ0n) is 18.0. The van der Waals surface area contributed by atoms with Gasteiger partial charge in [-0.15, -0.1) is 0 Å². The summed E-state index contributed by atoms with van der Waals surface area (Å²) in [4.78, 5) is 14.1. The van der Waals surface area contributed by atoms with Crippen molar-refractivity contribution in [2.45, 2.75) is 39.7 Å². The van der Waals surface area contributed by atoms with E-state index in [9.17, 15) is 4.79 Å². The summed E-state index contributed by atoms with van der Waals surface area (Å²) in [6, 6.07) is 17.8. The first-order chi connectivity index (χ1) is 14.9. The molecule has 0 radical (unpaired) electrons. The molecule has 1 aromatic heterocycles. The number of rotatable bonds is 6. The molecule has 0 N–H and O–H groups in total. The number of hydrogen-bond acceptors (Lipinski definition) is 4. The summed E-state index contributed by atoms with van der Waals surface area (Å²) < 4.78 is 7.15. The molecular formula is C25H26BrN3O2. The van der Waals surface area contributed by atoms with Gasteiger partial charge in [0.15, 0.2) is 0 Å². The lowest BCUT2D eigenvalue weighted by Crippen LogP contribution is -2.24. The van der Waals surface area contributed by atoms with Crippen molar-refractivity contribution in [3.8, 4) is 22.8 Å². The number of carbonyl (C=O) groups is 1. The van der Waals surface area contributed by atoms with Gasteiger partial charge in [0.1, 0.15) is 11.5 Å². The Balaban J connectivity index is 1.51. The lowest BCUT2D eigenvalue weighted by Gasteiger charge is -2.19. The van der Waals surface area contributed by atoms with E-state index in [2.05, 4.69) is 46.9 Å². The van der Waals surface area contributed by atoms with Gasteiger partial charge in [0.2, 0.25) is 5.91 Å². The van der Waals surface area contributed by atoms with Crippen LogP contribution in [0.2, 0.25) is 0 Å². The van der Waals surface area contributed by atoms with Gasteiger partial charge in [0.05, 0.1) is 11.4 Å². The molecule has 2 heterocycles. The number of hydrogen-bond donors (Lipinski definition) is 0. The summed E-state index contributed by atoms with van der Waals surface area (Å²) in [6.45, 7) is 7.65. The van der Waals surface area contributed by atoms with E-state index >= 15 is 0 Å². The van der Waals surface area contributed by atoms with Crippen LogP contribution in [0.25, 0.3) is 11.3 Å². The van der Waals surface area contributed by atoms with Crippen LogP contribution >= 0.6 is 15.9 Å². The Bertz CT molecular complexity index is 1070. The molecule has 5 nitrogen and oxygen atoms in total. The van der Waals surface area contributed by atoms with E-state index in [-0.39, 0.29) is 5.91 Å². The molecule has 1 amide bonds. The Morgan fingerprint density at radius 3 is 2.48 bits per heavy atom. The van der Waals surface area contributed by atoms with Crippen molar-refractivity contribution in [3.63, 3.8) is 0 Å². The molecule has 3 aromatic rings. The molecule has 0 saturated carbocycles. The summed E-state index contributed by atoms with van der Waals surface area (Å²) in [7, 11) is 0. The second-order valence-corrected chi connectivity index (χ2v) is 9.38. The first kappa shape index (κ1) is 21.5. The summed E-state index contributed by atoms with van der Waals surface area (Å²) in [5.74, 6) is 2.45. The van der Waals surface area contributed by atoms with Gasteiger partial charge in [-0.3, -0.25) is 4.79 Å². The number of halogens is 1. The molecule has 160 valence electrons. The standard InChI is InChI=1S/C25H26BrN3O2/c1-16(2)22-9-10-23(28-27-22)18-4-7-21(8-5-18)31-24-11-6-20(26)13-19(24)15-29-14-17(3)12-25(29)30/h4-11,13,16-17H,12,14-15H2,1-3H3. The predicted molar refractivity (Wildman–Crippen MR) is 125 cm³/mol. The summed E-state index contributed by atoms with van der Waals surface area (Å²) in [6.07, 6.45) is 0.618. The van der Waals surface area contributed by atoms with Crippen molar-refractivity contribution >= 4 is 21.8 Å². The average molecular weight is 480 g/mol. The lowest BCUT2D eigenvalue weighted by molar-refractivity contribution is -0.128. The molecule has 6 heteroatoms. The molecule has 1 aliphatic heterocycles. The lowest BCUT2D eigenvalue weighted by atomic mass is 10.1. The van der Waals surface area contributed by atoms with Crippen molar-refractivity contribution < 1.29 is 9.53 Å². The molecule has 0 spiro atoms. The minimum absolute atomic E-state index is 0.201. The van der Waals surface area contributed by atoms with Crippen LogP contribution in [0.4, 0.5) is 0 Å². The molecule has 2 aromatic carbocycles. The zero-order chi connectivity index (χ0) is 22.0. The quantitative estimate of drug-likeness (QED) is 0.422. The Kier molecular flexibility index (Phi) is 6.37. The second-order valence-electron chi connectivity index (χ2n) is 8.46. The zero-order valence-corrected chi connectivity index (χ0v) is 19.6. The SMILES string of the molecule is CC1CC(=O)N(Cc2cc(Br)ccc2Oc2ccc(-c3ccc(C(C)C)nn3)cc2)C1. The van der Waals surface area contributed by atoms with E-state index < -0.39 is 0 Å². The van der Waals surface area contributed by atoms with Gasteiger partial charge in [0, 0.05) is 35.1 Å². The minimum Gasteiger partial charge on any atom is -0.457 e. The molecule has 31 heavy (non-hydrogen) atoms. The van der Waals surface area contributed by atoms with Crippen molar-refractivity contribution in [2.24, 2.45) is 5.92 Å². The highest BCUT2D eigenvalue weighted by Crippen LogP contribution is 2.32. The summed E-state index contributed by atoms with van der Waals surface area (Å²) >= 11 is 3.54. The predicted octanol–water partition coefficient (Wildman–Crippen LogP) is 6.19. The molecule has 1 fully saturated rings. The number of benzene rings is 2. The van der Waals surface area contributed by atoms with Gasteiger partial charge >= 0.3 is 0 Å². The van der Waals surface area contributed by atoms with E-state index in [0.717, 1.165) is 45.0 Å². The Hall–Kier alpha value is -2.73. The molecule has 1 saturated heterocycles. The molecule has 1 aliphatic rings. The van der Waals surface area contributed by atoms with Crippen LogP contribution in [0.1, 0.15) is 44.4 Å². The van der Waals surface area contributed by atoms with Gasteiger partial charge in [0.25, 0.3) is 0 Å². The van der Waals surface area contributed by atoms with Gasteiger partial charge < -0.3 is 9.64 Å². The fourth-order valence-corrected chi connectivity index (χ4v) is 4.13. The number of carbonyl (C=O) groups excluding carboxylic acids is 1. The van der Waals surface area contributed by atoms with Crippen molar-refractivity contribution in [1.82, 2.24) is 15.1 Å². The number of aromatic nitrogens is 2. The van der Waals surface area contributed by atoms with Crippen molar-refractivity contribution in [3.05, 3.63) is 70.3 Å². The fraction of sp³-hybridized carbons (Fsp3) is 0.320. The molecule has 0 bridgehead atoms. The minimum atomic E-state index is 0.201. The largest absolute Gasteiger partial charge is 0.457 e. The Labute approximate surface area is 191 Å². The Morgan fingerprint density at radius 1 is 1.10 bits per heavy atom. The number of amides is 1. The van der Waals surface area contributed by atoms with E-state index in [0.29, 0.717) is 24.8 Å². The third kappa shape index (κ3) is 5.13. The maximum Gasteiger partial charge on any atom is 0.223 e. The highest BCUT2D eigenvalue weighted by Gasteiger charge is 2.27. The van der Waals surface area contributed by atoms with Crippen molar-refractivity contribution in [1.29, 1.82) is 0 Å². The van der Waals surface area contributed by atoms with Crippen LogP contribution in [0, 0.1) is 5.92 Å². The maximum atomic E-state index is 12.2. The molecule has 1 atom stereocenters. The normalized spacial score (nSPS) is 16.2. The van der Waals surface area contributed by atoms with Gasteiger partial charge in [-0.2, -0.15) is 10.2 Å². The van der Waals surface area contributed by atoms with Crippen LogP contribution in [0.3, 0.4) is 0 Å². The smallest absolute Gasteiger partial charge is 0.223 e. The van der Waals surface area contributed by atoms with Crippen LogP contribution in [0.15, 0.2) is 59.1 Å². The molecule has 1 unspecified atom stereocenters. The van der Waals surface area contributed by atoms with Crippen LogP contribution in [-0.2, 0) is 11.3 Å². The molecular weight excluding hydrogens is 454 g/mol. The van der Waals surface area contributed by atoms with E-state index in [1.165, 1.54) is 0 Å². The second kappa shape index (κ2) is 9.18. The maximum absolute atomic E-state index is 12.2. The number of ether oxygens (including phenoxy) is 1. The molecule has 0 aliphatic carbocycles. The van der Waals surface area contributed by atoms with Gasteiger partial charge in [-0.05, 0) is 66.4 Å².